The number of amides is 1. The average Bonchev–Trinajstić information content (AvgIpc) is 3.05. The van der Waals surface area contributed by atoms with E-state index in [0.717, 1.165) is 4.88 Å². The summed E-state index contributed by atoms with van der Waals surface area (Å²) in [5.74, 6) is 1.01. The second kappa shape index (κ2) is 8.92. The Morgan fingerprint density at radius 3 is 2.52 bits per heavy atom. The molecule has 6 nitrogen and oxygen atoms in total. The highest BCUT2D eigenvalue weighted by Gasteiger charge is 2.19. The maximum Gasteiger partial charge on any atom is 0.254 e. The van der Waals surface area contributed by atoms with Gasteiger partial charge < -0.3 is 19.7 Å². The van der Waals surface area contributed by atoms with Crippen molar-refractivity contribution >= 4 is 34.5 Å². The lowest BCUT2D eigenvalue weighted by molar-refractivity contribution is 0.0772. The molecule has 1 aromatic carbocycles. The van der Waals surface area contributed by atoms with Gasteiger partial charge in [0, 0.05) is 29.7 Å². The van der Waals surface area contributed by atoms with Crippen LogP contribution in [0.5, 0.6) is 11.5 Å². The van der Waals surface area contributed by atoms with Gasteiger partial charge in [-0.15, -0.1) is 11.3 Å². The van der Waals surface area contributed by atoms with Gasteiger partial charge in [0.25, 0.3) is 5.91 Å². The molecule has 0 unspecified atom stereocenters. The van der Waals surface area contributed by atoms with Gasteiger partial charge in [0.1, 0.15) is 0 Å². The molecule has 0 fully saturated rings. The lowest BCUT2D eigenvalue weighted by Gasteiger charge is -2.21. The summed E-state index contributed by atoms with van der Waals surface area (Å²) in [6.07, 6.45) is 1.72. The molecule has 0 bridgehead atoms. The minimum absolute atomic E-state index is 0.0464. The molecule has 0 atom stereocenters. The SMILES string of the molecule is CCN(CC)C(=O)c1cc(NCc2cnc(Cl)s2)c(OC)c(OC)c1. The molecule has 0 saturated heterocycles. The van der Waals surface area contributed by atoms with Crippen molar-refractivity contribution in [3.05, 3.63) is 33.2 Å². The first-order valence-corrected chi connectivity index (χ1v) is 9.12. The lowest BCUT2D eigenvalue weighted by Crippen LogP contribution is -2.30. The number of anilines is 1. The Labute approximate surface area is 156 Å². The number of carbonyl (C=O) groups excluding carboxylic acids is 1. The number of ether oxygens (including phenoxy) is 2. The van der Waals surface area contributed by atoms with Gasteiger partial charge in [-0.1, -0.05) is 11.6 Å². The van der Waals surface area contributed by atoms with Crippen molar-refractivity contribution in [3.8, 4) is 11.5 Å². The van der Waals surface area contributed by atoms with E-state index in [0.29, 0.717) is 46.9 Å². The first kappa shape index (κ1) is 19.3. The molecule has 1 heterocycles. The Kier molecular flexibility index (Phi) is 6.90. The fourth-order valence-electron chi connectivity index (χ4n) is 2.46. The zero-order valence-corrected chi connectivity index (χ0v) is 16.3. The van der Waals surface area contributed by atoms with E-state index < -0.39 is 0 Å². The number of aromatic nitrogens is 1. The Morgan fingerprint density at radius 2 is 2.00 bits per heavy atom. The molecule has 0 aliphatic carbocycles. The second-order valence-electron chi connectivity index (χ2n) is 5.17. The number of methoxy groups -OCH3 is 2. The highest BCUT2D eigenvalue weighted by molar-refractivity contribution is 7.15. The summed E-state index contributed by atoms with van der Waals surface area (Å²) in [5.41, 5.74) is 1.23. The minimum Gasteiger partial charge on any atom is -0.493 e. The number of thiazole rings is 1. The molecule has 0 saturated carbocycles. The quantitative estimate of drug-likeness (QED) is 0.748. The maximum atomic E-state index is 12.7. The molecule has 2 rings (SSSR count). The fourth-order valence-corrected chi connectivity index (χ4v) is 3.38. The molecule has 1 amide bonds. The third-order valence-corrected chi connectivity index (χ3v) is 4.87. The van der Waals surface area contributed by atoms with Gasteiger partial charge in [-0.2, -0.15) is 0 Å². The third-order valence-electron chi connectivity index (χ3n) is 3.75. The number of nitrogens with zero attached hydrogens (tertiary/aromatic N) is 2. The average molecular weight is 384 g/mol. The third kappa shape index (κ3) is 4.55. The van der Waals surface area contributed by atoms with E-state index in [1.807, 2.05) is 13.8 Å². The highest BCUT2D eigenvalue weighted by atomic mass is 35.5. The molecular formula is C17H22ClN3O3S. The van der Waals surface area contributed by atoms with Gasteiger partial charge in [-0.3, -0.25) is 4.79 Å². The molecule has 0 aliphatic heterocycles. The van der Waals surface area contributed by atoms with E-state index in [9.17, 15) is 4.79 Å². The van der Waals surface area contributed by atoms with Crippen LogP contribution in [0, 0.1) is 0 Å². The fraction of sp³-hybridized carbons (Fsp3) is 0.412. The van der Waals surface area contributed by atoms with Gasteiger partial charge in [-0.05, 0) is 26.0 Å². The van der Waals surface area contributed by atoms with Crippen molar-refractivity contribution in [1.29, 1.82) is 0 Å². The molecule has 136 valence electrons. The molecule has 8 heteroatoms. The Balaban J connectivity index is 2.34. The van der Waals surface area contributed by atoms with Crippen LogP contribution in [-0.4, -0.2) is 43.1 Å². The topological polar surface area (TPSA) is 63.7 Å². The van der Waals surface area contributed by atoms with Crippen LogP contribution in [0.2, 0.25) is 4.47 Å². The number of halogens is 1. The van der Waals surface area contributed by atoms with Crippen molar-refractivity contribution in [2.24, 2.45) is 0 Å². The van der Waals surface area contributed by atoms with E-state index >= 15 is 0 Å². The van der Waals surface area contributed by atoms with Gasteiger partial charge in [0.05, 0.1) is 26.5 Å². The summed E-state index contributed by atoms with van der Waals surface area (Å²) < 4.78 is 11.4. The van der Waals surface area contributed by atoms with E-state index in [2.05, 4.69) is 10.3 Å². The molecule has 0 aliphatic rings. The minimum atomic E-state index is -0.0464. The monoisotopic (exact) mass is 383 g/mol. The van der Waals surface area contributed by atoms with Crippen molar-refractivity contribution in [3.63, 3.8) is 0 Å². The first-order chi connectivity index (χ1) is 12.0. The Morgan fingerprint density at radius 1 is 1.28 bits per heavy atom. The van der Waals surface area contributed by atoms with E-state index in [1.165, 1.54) is 11.3 Å². The highest BCUT2D eigenvalue weighted by Crippen LogP contribution is 2.37. The predicted octanol–water partition coefficient (Wildman–Crippen LogP) is 3.91. The van der Waals surface area contributed by atoms with Crippen LogP contribution < -0.4 is 14.8 Å². The number of hydrogen-bond acceptors (Lipinski definition) is 6. The van der Waals surface area contributed by atoms with Gasteiger partial charge >= 0.3 is 0 Å². The molecule has 1 aromatic heterocycles. The second-order valence-corrected chi connectivity index (χ2v) is 6.87. The number of hydrogen-bond donors (Lipinski definition) is 1. The maximum absolute atomic E-state index is 12.7. The summed E-state index contributed by atoms with van der Waals surface area (Å²) in [5, 5.41) is 3.27. The van der Waals surface area contributed by atoms with E-state index in [4.69, 9.17) is 21.1 Å². The molecule has 25 heavy (non-hydrogen) atoms. The molecule has 0 spiro atoms. The Hall–Kier alpha value is -1.99. The standard InChI is InChI=1S/C17H22ClN3O3S/c1-5-21(6-2)16(22)11-7-13(15(24-4)14(8-11)23-3)19-9-12-10-20-17(18)25-12/h7-8,10,19H,5-6,9H2,1-4H3. The van der Waals surface area contributed by atoms with Crippen LogP contribution in [0.3, 0.4) is 0 Å². The van der Waals surface area contributed by atoms with Crippen LogP contribution in [0.1, 0.15) is 29.1 Å². The molecule has 2 aromatic rings. The molecule has 0 radical (unpaired) electrons. The smallest absolute Gasteiger partial charge is 0.254 e. The van der Waals surface area contributed by atoms with Crippen LogP contribution in [0.25, 0.3) is 0 Å². The van der Waals surface area contributed by atoms with E-state index in [-0.39, 0.29) is 5.91 Å². The normalized spacial score (nSPS) is 10.4. The van der Waals surface area contributed by atoms with Crippen LogP contribution in [-0.2, 0) is 6.54 Å². The summed E-state index contributed by atoms with van der Waals surface area (Å²) >= 11 is 7.26. The molecule has 1 N–H and O–H groups in total. The number of carbonyl (C=O) groups is 1. The zero-order chi connectivity index (χ0) is 18.4. The largest absolute Gasteiger partial charge is 0.493 e. The van der Waals surface area contributed by atoms with Gasteiger partial charge in [0.15, 0.2) is 16.0 Å². The lowest BCUT2D eigenvalue weighted by atomic mass is 10.1. The summed E-state index contributed by atoms with van der Waals surface area (Å²) in [4.78, 5) is 19.4. The van der Waals surface area contributed by atoms with Crippen molar-refractivity contribution in [1.82, 2.24) is 9.88 Å². The van der Waals surface area contributed by atoms with Crippen LogP contribution in [0.4, 0.5) is 5.69 Å². The van der Waals surface area contributed by atoms with Gasteiger partial charge in [-0.25, -0.2) is 4.98 Å². The summed E-state index contributed by atoms with van der Waals surface area (Å²) in [6, 6.07) is 3.49. The van der Waals surface area contributed by atoms with Crippen molar-refractivity contribution in [2.75, 3.05) is 32.6 Å². The van der Waals surface area contributed by atoms with E-state index in [1.54, 1.807) is 37.4 Å². The first-order valence-electron chi connectivity index (χ1n) is 7.93. The van der Waals surface area contributed by atoms with Gasteiger partial charge in [0.2, 0.25) is 0 Å². The number of benzene rings is 1. The predicted molar refractivity (Wildman–Crippen MR) is 101 cm³/mol. The summed E-state index contributed by atoms with van der Waals surface area (Å²) in [6.45, 7) is 5.72. The van der Waals surface area contributed by atoms with Crippen molar-refractivity contribution in [2.45, 2.75) is 20.4 Å². The zero-order valence-electron chi connectivity index (χ0n) is 14.8. The molecular weight excluding hydrogens is 362 g/mol. The van der Waals surface area contributed by atoms with Crippen LogP contribution >= 0.6 is 22.9 Å². The number of nitrogens with one attached hydrogen (secondary N) is 1. The Bertz CT molecular complexity index is 732. The van der Waals surface area contributed by atoms with Crippen molar-refractivity contribution < 1.29 is 14.3 Å². The summed E-state index contributed by atoms with van der Waals surface area (Å²) in [7, 11) is 3.12. The van der Waals surface area contributed by atoms with Crippen LogP contribution in [0.15, 0.2) is 18.3 Å². The number of rotatable bonds is 8.